The van der Waals surface area contributed by atoms with Crippen LogP contribution in [0.15, 0.2) is 65.4 Å². The standard InChI is InChI=1S/C22H19BrN6O/c23-17-8-5-16(6-9-17)7-10-20(30)27-11-13-28(14-12-27)22-19-4-2-1-3-18(19)21-25-24-15-29(21)26-22/h1-10,15H,11-14H2/b10-7+. The normalized spacial score (nSPS) is 14.8. The second-order valence-corrected chi connectivity index (χ2v) is 8.08. The van der Waals surface area contributed by atoms with Gasteiger partial charge in [-0.15, -0.1) is 15.3 Å². The minimum absolute atomic E-state index is 0.0321. The number of carbonyl (C=O) groups excluding carboxylic acids is 1. The maximum atomic E-state index is 12.6. The lowest BCUT2D eigenvalue weighted by Crippen LogP contribution is -2.48. The molecule has 0 atom stereocenters. The highest BCUT2D eigenvalue weighted by Gasteiger charge is 2.23. The lowest BCUT2D eigenvalue weighted by molar-refractivity contribution is -0.126. The molecule has 2 aromatic carbocycles. The van der Waals surface area contributed by atoms with Gasteiger partial charge in [0.2, 0.25) is 5.91 Å². The zero-order chi connectivity index (χ0) is 20.5. The van der Waals surface area contributed by atoms with Crippen LogP contribution < -0.4 is 4.90 Å². The van der Waals surface area contributed by atoms with Crippen LogP contribution in [0, 0.1) is 0 Å². The molecule has 0 spiro atoms. The van der Waals surface area contributed by atoms with E-state index in [9.17, 15) is 4.79 Å². The van der Waals surface area contributed by atoms with Crippen molar-refractivity contribution in [3.63, 3.8) is 0 Å². The molecule has 1 aliphatic heterocycles. The SMILES string of the molecule is O=C(/C=C/c1ccc(Br)cc1)N1CCN(c2nn3cnnc3c3ccccc23)CC1. The molecule has 1 saturated heterocycles. The Bertz CT molecular complexity index is 1240. The van der Waals surface area contributed by atoms with E-state index in [1.54, 1.807) is 16.9 Å². The number of aromatic nitrogens is 4. The van der Waals surface area contributed by atoms with Crippen LogP contribution in [0.2, 0.25) is 0 Å². The van der Waals surface area contributed by atoms with Crippen LogP contribution in [0.1, 0.15) is 5.56 Å². The van der Waals surface area contributed by atoms with Gasteiger partial charge in [-0.1, -0.05) is 52.3 Å². The summed E-state index contributed by atoms with van der Waals surface area (Å²) in [6.07, 6.45) is 5.13. The van der Waals surface area contributed by atoms with Gasteiger partial charge in [0.25, 0.3) is 0 Å². The molecular weight excluding hydrogens is 444 g/mol. The number of carbonyl (C=O) groups is 1. The van der Waals surface area contributed by atoms with Gasteiger partial charge in [-0.2, -0.15) is 4.52 Å². The van der Waals surface area contributed by atoms with Crippen LogP contribution in [0.4, 0.5) is 5.82 Å². The van der Waals surface area contributed by atoms with Gasteiger partial charge in [0, 0.05) is 47.5 Å². The van der Waals surface area contributed by atoms with Crippen molar-refractivity contribution in [2.24, 2.45) is 0 Å². The van der Waals surface area contributed by atoms with E-state index >= 15 is 0 Å². The van der Waals surface area contributed by atoms with E-state index in [1.165, 1.54) is 0 Å². The summed E-state index contributed by atoms with van der Waals surface area (Å²) in [4.78, 5) is 16.7. The van der Waals surface area contributed by atoms with E-state index in [0.717, 1.165) is 45.4 Å². The third kappa shape index (κ3) is 3.54. The molecule has 3 heterocycles. The molecule has 8 heteroatoms. The van der Waals surface area contributed by atoms with Gasteiger partial charge in [-0.05, 0) is 23.8 Å². The number of anilines is 1. The van der Waals surface area contributed by atoms with E-state index in [2.05, 4.69) is 37.1 Å². The van der Waals surface area contributed by atoms with Gasteiger partial charge < -0.3 is 9.80 Å². The van der Waals surface area contributed by atoms with Crippen molar-refractivity contribution in [3.8, 4) is 0 Å². The maximum absolute atomic E-state index is 12.6. The van der Waals surface area contributed by atoms with Crippen LogP contribution >= 0.6 is 15.9 Å². The zero-order valence-corrected chi connectivity index (χ0v) is 17.7. The predicted molar refractivity (Wildman–Crippen MR) is 120 cm³/mol. The molecule has 0 N–H and O–H groups in total. The van der Waals surface area contributed by atoms with Crippen molar-refractivity contribution >= 4 is 50.2 Å². The molecule has 0 aliphatic carbocycles. The van der Waals surface area contributed by atoms with Crippen molar-refractivity contribution in [2.45, 2.75) is 0 Å². The molecule has 1 fully saturated rings. The fraction of sp³-hybridized carbons (Fsp3) is 0.182. The first-order valence-electron chi connectivity index (χ1n) is 9.75. The topological polar surface area (TPSA) is 66.6 Å². The second-order valence-electron chi connectivity index (χ2n) is 7.17. The summed E-state index contributed by atoms with van der Waals surface area (Å²) < 4.78 is 2.74. The van der Waals surface area contributed by atoms with Gasteiger partial charge >= 0.3 is 0 Å². The van der Waals surface area contributed by atoms with Crippen LogP contribution in [0.3, 0.4) is 0 Å². The summed E-state index contributed by atoms with van der Waals surface area (Å²) in [7, 11) is 0. The fourth-order valence-corrected chi connectivity index (χ4v) is 3.99. The molecule has 4 aromatic rings. The number of piperazine rings is 1. The largest absolute Gasteiger partial charge is 0.351 e. The van der Waals surface area contributed by atoms with Crippen LogP contribution in [-0.2, 0) is 4.79 Å². The molecule has 0 unspecified atom stereocenters. The Morgan fingerprint density at radius 3 is 2.47 bits per heavy atom. The number of amides is 1. The molecule has 30 heavy (non-hydrogen) atoms. The number of halogens is 1. The second kappa shape index (κ2) is 7.87. The number of hydrogen-bond donors (Lipinski definition) is 0. The molecule has 1 amide bonds. The lowest BCUT2D eigenvalue weighted by Gasteiger charge is -2.35. The maximum Gasteiger partial charge on any atom is 0.246 e. The molecule has 2 aromatic heterocycles. The molecule has 150 valence electrons. The smallest absolute Gasteiger partial charge is 0.246 e. The van der Waals surface area contributed by atoms with E-state index < -0.39 is 0 Å². The van der Waals surface area contributed by atoms with E-state index in [0.29, 0.717) is 13.1 Å². The summed E-state index contributed by atoms with van der Waals surface area (Å²) in [5.41, 5.74) is 1.75. The van der Waals surface area contributed by atoms with Gasteiger partial charge in [0.05, 0.1) is 0 Å². The first kappa shape index (κ1) is 18.7. The molecule has 7 nitrogen and oxygen atoms in total. The quantitative estimate of drug-likeness (QED) is 0.436. The third-order valence-corrected chi connectivity index (χ3v) is 5.85. The number of nitrogens with zero attached hydrogens (tertiary/aromatic N) is 6. The molecular formula is C22H19BrN6O. The molecule has 0 radical (unpaired) electrons. The minimum Gasteiger partial charge on any atom is -0.351 e. The van der Waals surface area contributed by atoms with E-state index in [4.69, 9.17) is 5.10 Å². The molecule has 0 saturated carbocycles. The summed E-state index contributed by atoms with van der Waals surface area (Å²) in [6, 6.07) is 16.0. The Morgan fingerprint density at radius 1 is 0.967 bits per heavy atom. The summed E-state index contributed by atoms with van der Waals surface area (Å²) in [6.45, 7) is 2.75. The Morgan fingerprint density at radius 2 is 1.70 bits per heavy atom. The highest BCUT2D eigenvalue weighted by Crippen LogP contribution is 2.27. The van der Waals surface area contributed by atoms with Crippen molar-refractivity contribution in [2.75, 3.05) is 31.1 Å². The molecule has 1 aliphatic rings. The van der Waals surface area contributed by atoms with Crippen molar-refractivity contribution in [3.05, 3.63) is 71.0 Å². The number of benzene rings is 2. The van der Waals surface area contributed by atoms with Crippen LogP contribution in [-0.4, -0.2) is 56.8 Å². The number of rotatable bonds is 3. The average Bonchev–Trinajstić information content (AvgIpc) is 3.27. The monoisotopic (exact) mass is 462 g/mol. The van der Waals surface area contributed by atoms with Gasteiger partial charge in [-0.3, -0.25) is 4.79 Å². The number of hydrogen-bond acceptors (Lipinski definition) is 5. The predicted octanol–water partition coefficient (Wildman–Crippen LogP) is 3.40. The third-order valence-electron chi connectivity index (χ3n) is 5.32. The summed E-state index contributed by atoms with van der Waals surface area (Å²) >= 11 is 3.42. The highest BCUT2D eigenvalue weighted by atomic mass is 79.9. The lowest BCUT2D eigenvalue weighted by atomic mass is 10.1. The Labute approximate surface area is 181 Å². The fourth-order valence-electron chi connectivity index (χ4n) is 3.73. The van der Waals surface area contributed by atoms with Gasteiger partial charge in [0.15, 0.2) is 11.5 Å². The molecule has 5 rings (SSSR count). The van der Waals surface area contributed by atoms with Crippen molar-refractivity contribution < 1.29 is 4.79 Å². The van der Waals surface area contributed by atoms with Crippen LogP contribution in [0.5, 0.6) is 0 Å². The van der Waals surface area contributed by atoms with Crippen molar-refractivity contribution in [1.29, 1.82) is 0 Å². The highest BCUT2D eigenvalue weighted by molar-refractivity contribution is 9.10. The minimum atomic E-state index is 0.0321. The first-order chi connectivity index (χ1) is 14.7. The average molecular weight is 463 g/mol. The Balaban J connectivity index is 1.32. The van der Waals surface area contributed by atoms with Gasteiger partial charge in [-0.25, -0.2) is 0 Å². The zero-order valence-electron chi connectivity index (χ0n) is 16.1. The summed E-state index contributed by atoms with van der Waals surface area (Å²) in [5.74, 6) is 0.931. The van der Waals surface area contributed by atoms with E-state index in [1.807, 2.05) is 53.4 Å². The van der Waals surface area contributed by atoms with Crippen LogP contribution in [0.25, 0.3) is 22.5 Å². The molecule has 0 bridgehead atoms. The first-order valence-corrected chi connectivity index (χ1v) is 10.5. The summed E-state index contributed by atoms with van der Waals surface area (Å²) in [5, 5.41) is 15.0. The Kier molecular flexibility index (Phi) is 4.92. The van der Waals surface area contributed by atoms with E-state index in [-0.39, 0.29) is 5.91 Å². The number of fused-ring (bicyclic) bond motifs is 3. The van der Waals surface area contributed by atoms with Gasteiger partial charge in [0.1, 0.15) is 6.33 Å². The van der Waals surface area contributed by atoms with Crippen molar-refractivity contribution in [1.82, 2.24) is 24.7 Å². The Hall–Kier alpha value is -3.26.